The number of carbonyl (C=O) groups is 2. The topological polar surface area (TPSA) is 73.9 Å². The number of anilines is 1. The van der Waals surface area contributed by atoms with E-state index in [1.807, 2.05) is 0 Å². The van der Waals surface area contributed by atoms with Gasteiger partial charge in [0.2, 0.25) is 0 Å². The Morgan fingerprint density at radius 3 is 2.53 bits per heavy atom. The van der Waals surface area contributed by atoms with Crippen LogP contribution in [-0.2, 0) is 0 Å². The Kier molecular flexibility index (Phi) is 7.37. The van der Waals surface area contributed by atoms with Crippen molar-refractivity contribution < 1.29 is 18.7 Å². The first-order valence-corrected chi connectivity index (χ1v) is 9.91. The number of hydrogen-bond donors (Lipinski definition) is 2. The summed E-state index contributed by atoms with van der Waals surface area (Å²) in [5.74, 6) is -1.16. The molecule has 0 aliphatic carbocycles. The van der Waals surface area contributed by atoms with Crippen LogP contribution in [0.5, 0.6) is 5.75 Å². The van der Waals surface area contributed by atoms with Gasteiger partial charge in [0, 0.05) is 44.8 Å². The summed E-state index contributed by atoms with van der Waals surface area (Å²) in [4.78, 5) is 29.7. The molecule has 1 saturated heterocycles. The molecule has 0 saturated carbocycles. The van der Waals surface area contributed by atoms with Crippen LogP contribution < -0.4 is 15.4 Å². The second-order valence-electron chi connectivity index (χ2n) is 7.25. The predicted molar refractivity (Wildman–Crippen MR) is 114 cm³/mol. The second kappa shape index (κ2) is 10.2. The molecule has 8 heteroatoms. The van der Waals surface area contributed by atoms with E-state index in [2.05, 4.69) is 27.5 Å². The monoisotopic (exact) mass is 414 g/mol. The van der Waals surface area contributed by atoms with Crippen molar-refractivity contribution in [2.45, 2.75) is 0 Å². The highest BCUT2D eigenvalue weighted by Crippen LogP contribution is 2.21. The molecule has 1 heterocycles. The molecular weight excluding hydrogens is 387 g/mol. The summed E-state index contributed by atoms with van der Waals surface area (Å²) in [6.45, 7) is 4.95. The lowest BCUT2D eigenvalue weighted by Crippen LogP contribution is -2.47. The van der Waals surface area contributed by atoms with Crippen molar-refractivity contribution in [3.63, 3.8) is 0 Å². The van der Waals surface area contributed by atoms with E-state index >= 15 is 0 Å². The maximum Gasteiger partial charge on any atom is 0.256 e. The van der Waals surface area contributed by atoms with Gasteiger partial charge in [-0.25, -0.2) is 4.39 Å². The average molecular weight is 414 g/mol. The number of ether oxygens (including phenoxy) is 1. The van der Waals surface area contributed by atoms with Crippen LogP contribution >= 0.6 is 0 Å². The van der Waals surface area contributed by atoms with Gasteiger partial charge in [-0.05, 0) is 37.4 Å². The van der Waals surface area contributed by atoms with Gasteiger partial charge >= 0.3 is 0 Å². The SMILES string of the molecule is COc1cccc(C(=O)Nc2cccc(F)c2C(=O)NCCN2CCN(C)CC2)c1. The number of amides is 2. The number of halogens is 1. The molecule has 1 aliphatic heterocycles. The molecule has 30 heavy (non-hydrogen) atoms. The lowest BCUT2D eigenvalue weighted by atomic mass is 10.1. The molecule has 160 valence electrons. The summed E-state index contributed by atoms with van der Waals surface area (Å²) < 4.78 is 19.6. The third-order valence-corrected chi connectivity index (χ3v) is 5.13. The third kappa shape index (κ3) is 5.55. The molecule has 2 amide bonds. The molecule has 0 bridgehead atoms. The van der Waals surface area contributed by atoms with Crippen molar-refractivity contribution >= 4 is 17.5 Å². The number of benzene rings is 2. The summed E-state index contributed by atoms with van der Waals surface area (Å²) >= 11 is 0. The molecule has 2 aromatic carbocycles. The largest absolute Gasteiger partial charge is 0.497 e. The Labute approximate surface area is 175 Å². The van der Waals surface area contributed by atoms with Gasteiger partial charge in [0.15, 0.2) is 0 Å². The van der Waals surface area contributed by atoms with Crippen molar-refractivity contribution in [3.05, 3.63) is 59.4 Å². The Bertz CT molecular complexity index is 898. The van der Waals surface area contributed by atoms with Crippen molar-refractivity contribution in [3.8, 4) is 5.75 Å². The van der Waals surface area contributed by atoms with Crippen LogP contribution in [0.4, 0.5) is 10.1 Å². The average Bonchev–Trinajstić information content (AvgIpc) is 2.75. The summed E-state index contributed by atoms with van der Waals surface area (Å²) in [6.07, 6.45) is 0. The van der Waals surface area contributed by atoms with Crippen LogP contribution in [0.2, 0.25) is 0 Å². The fourth-order valence-corrected chi connectivity index (χ4v) is 3.31. The summed E-state index contributed by atoms with van der Waals surface area (Å²) in [5, 5.41) is 5.40. The first-order valence-electron chi connectivity index (χ1n) is 9.91. The smallest absolute Gasteiger partial charge is 0.256 e. The van der Waals surface area contributed by atoms with Crippen LogP contribution in [-0.4, -0.2) is 75.0 Å². The first-order chi connectivity index (χ1) is 14.5. The van der Waals surface area contributed by atoms with Gasteiger partial charge in [-0.15, -0.1) is 0 Å². The van der Waals surface area contributed by atoms with Crippen molar-refractivity contribution in [1.82, 2.24) is 15.1 Å². The fourth-order valence-electron chi connectivity index (χ4n) is 3.31. The van der Waals surface area contributed by atoms with Gasteiger partial charge in [0.1, 0.15) is 11.6 Å². The van der Waals surface area contributed by atoms with Crippen LogP contribution in [0, 0.1) is 5.82 Å². The van der Waals surface area contributed by atoms with Crippen LogP contribution in [0.25, 0.3) is 0 Å². The van der Waals surface area contributed by atoms with Crippen molar-refractivity contribution in [1.29, 1.82) is 0 Å². The van der Waals surface area contributed by atoms with Crippen molar-refractivity contribution in [2.24, 2.45) is 0 Å². The zero-order valence-corrected chi connectivity index (χ0v) is 17.3. The van der Waals surface area contributed by atoms with E-state index in [1.54, 1.807) is 24.3 Å². The molecule has 0 radical (unpaired) electrons. The molecule has 0 aromatic heterocycles. The Balaban J connectivity index is 1.65. The van der Waals surface area contributed by atoms with E-state index in [0.717, 1.165) is 26.2 Å². The molecule has 7 nitrogen and oxygen atoms in total. The normalized spacial score (nSPS) is 14.9. The standard InChI is InChI=1S/C22H27FN4O3/c1-26-11-13-27(14-12-26)10-9-24-22(29)20-18(23)7-4-8-19(20)25-21(28)16-5-3-6-17(15-16)30-2/h3-8,15H,9-14H2,1-2H3,(H,24,29)(H,25,28). The van der Waals surface area contributed by atoms with E-state index in [4.69, 9.17) is 4.74 Å². The number of piperazine rings is 1. The lowest BCUT2D eigenvalue weighted by Gasteiger charge is -2.32. The fraction of sp³-hybridized carbons (Fsp3) is 0.364. The Morgan fingerprint density at radius 2 is 1.80 bits per heavy atom. The number of nitrogens with zero attached hydrogens (tertiary/aromatic N) is 2. The zero-order chi connectivity index (χ0) is 21.5. The second-order valence-corrected chi connectivity index (χ2v) is 7.25. The molecular formula is C22H27FN4O3. The Hall–Kier alpha value is -2.97. The predicted octanol–water partition coefficient (Wildman–Crippen LogP) is 2.06. The minimum absolute atomic E-state index is 0.125. The molecule has 1 fully saturated rings. The molecule has 0 spiro atoms. The van der Waals surface area contributed by atoms with E-state index < -0.39 is 17.6 Å². The highest BCUT2D eigenvalue weighted by Gasteiger charge is 2.20. The van der Waals surface area contributed by atoms with E-state index in [-0.39, 0.29) is 11.3 Å². The van der Waals surface area contributed by atoms with Gasteiger partial charge in [-0.3, -0.25) is 14.5 Å². The summed E-state index contributed by atoms with van der Waals surface area (Å²) in [7, 11) is 3.59. The molecule has 1 aliphatic rings. The summed E-state index contributed by atoms with van der Waals surface area (Å²) in [6, 6.07) is 10.8. The lowest BCUT2D eigenvalue weighted by molar-refractivity contribution is 0.0938. The van der Waals surface area contributed by atoms with Crippen molar-refractivity contribution in [2.75, 3.05) is 58.7 Å². The maximum absolute atomic E-state index is 14.4. The number of carbonyl (C=O) groups excluding carboxylic acids is 2. The molecule has 2 aromatic rings. The Morgan fingerprint density at radius 1 is 1.07 bits per heavy atom. The minimum atomic E-state index is -0.685. The minimum Gasteiger partial charge on any atom is -0.497 e. The number of hydrogen-bond acceptors (Lipinski definition) is 5. The third-order valence-electron chi connectivity index (χ3n) is 5.13. The number of nitrogens with one attached hydrogen (secondary N) is 2. The van der Waals surface area contributed by atoms with Crippen LogP contribution in [0.1, 0.15) is 20.7 Å². The highest BCUT2D eigenvalue weighted by molar-refractivity contribution is 6.09. The van der Waals surface area contributed by atoms with Gasteiger partial charge in [0.25, 0.3) is 11.8 Å². The van der Waals surface area contributed by atoms with Gasteiger partial charge < -0.3 is 20.3 Å². The first kappa shape index (κ1) is 21.7. The molecule has 3 rings (SSSR count). The van der Waals surface area contributed by atoms with Gasteiger partial charge in [-0.2, -0.15) is 0 Å². The number of likely N-dealkylation sites (N-methyl/N-ethyl adjacent to an activating group) is 1. The van der Waals surface area contributed by atoms with Crippen LogP contribution in [0.15, 0.2) is 42.5 Å². The quantitative estimate of drug-likeness (QED) is 0.726. The van der Waals surface area contributed by atoms with Crippen LogP contribution in [0.3, 0.4) is 0 Å². The summed E-state index contributed by atoms with van der Waals surface area (Å²) in [5.41, 5.74) is 0.298. The maximum atomic E-state index is 14.4. The van der Waals surface area contributed by atoms with E-state index in [1.165, 1.54) is 25.3 Å². The zero-order valence-electron chi connectivity index (χ0n) is 17.3. The molecule has 0 unspecified atom stereocenters. The van der Waals surface area contributed by atoms with Gasteiger partial charge in [0.05, 0.1) is 18.4 Å². The number of rotatable bonds is 7. The van der Waals surface area contributed by atoms with E-state index in [9.17, 15) is 14.0 Å². The molecule has 0 atom stereocenters. The molecule has 2 N–H and O–H groups in total. The highest BCUT2D eigenvalue weighted by atomic mass is 19.1. The van der Waals surface area contributed by atoms with Gasteiger partial charge in [-0.1, -0.05) is 12.1 Å². The van der Waals surface area contributed by atoms with E-state index in [0.29, 0.717) is 24.4 Å². The number of methoxy groups -OCH3 is 1.